The van der Waals surface area contributed by atoms with Gasteiger partial charge in [-0.15, -0.1) is 0 Å². The lowest BCUT2D eigenvalue weighted by atomic mass is 10.1. The first kappa shape index (κ1) is 21.1. The largest absolute Gasteiger partial charge is 0.382 e. The van der Waals surface area contributed by atoms with Gasteiger partial charge in [0.1, 0.15) is 0 Å². The number of rotatable bonds is 11. The number of methoxy groups -OCH3 is 1. The second-order valence-corrected chi connectivity index (χ2v) is 9.20. The van der Waals surface area contributed by atoms with Crippen molar-refractivity contribution < 1.29 is 14.3 Å². The molecule has 23 heavy (non-hydrogen) atoms. The lowest BCUT2D eigenvalue weighted by molar-refractivity contribution is -0.121. The molecule has 6 heteroatoms. The highest BCUT2D eigenvalue weighted by atomic mass is 32.2. The van der Waals surface area contributed by atoms with Gasteiger partial charge in [0.05, 0.1) is 19.8 Å². The normalized spacial score (nSPS) is 25.1. The van der Waals surface area contributed by atoms with Crippen molar-refractivity contribution in [3.05, 3.63) is 0 Å². The molecule has 1 heterocycles. The number of nitrogens with one attached hydrogen (secondary N) is 1. The third-order valence-corrected chi connectivity index (χ3v) is 7.34. The van der Waals surface area contributed by atoms with Gasteiger partial charge >= 0.3 is 0 Å². The standard InChI is InChI=1S/C17H33NO3S2/c1-14-15(2)23-16(8-13-22-14)6-4-5-7-17(19)18-9-10-21-12-11-20-3/h14-16H,4-13H2,1-3H3,(H,18,19). The van der Waals surface area contributed by atoms with Crippen LogP contribution in [0.3, 0.4) is 0 Å². The lowest BCUT2D eigenvalue weighted by Gasteiger charge is -2.19. The summed E-state index contributed by atoms with van der Waals surface area (Å²) in [6.45, 7) is 7.02. The molecule has 1 amide bonds. The molecular formula is C17H33NO3S2. The molecule has 4 nitrogen and oxygen atoms in total. The van der Waals surface area contributed by atoms with Crippen molar-refractivity contribution >= 4 is 29.4 Å². The van der Waals surface area contributed by atoms with Crippen molar-refractivity contribution in [3.8, 4) is 0 Å². The Labute approximate surface area is 150 Å². The highest BCUT2D eigenvalue weighted by Crippen LogP contribution is 2.36. The van der Waals surface area contributed by atoms with E-state index in [-0.39, 0.29) is 5.91 Å². The fourth-order valence-electron chi connectivity index (χ4n) is 2.47. The fourth-order valence-corrected chi connectivity index (χ4v) is 5.49. The van der Waals surface area contributed by atoms with Crippen LogP contribution in [0.1, 0.15) is 46.0 Å². The number of hydrogen-bond donors (Lipinski definition) is 1. The van der Waals surface area contributed by atoms with E-state index in [1.807, 2.05) is 0 Å². The predicted octanol–water partition coefficient (Wildman–Crippen LogP) is 3.34. The zero-order chi connectivity index (χ0) is 16.9. The minimum absolute atomic E-state index is 0.145. The van der Waals surface area contributed by atoms with Crippen LogP contribution >= 0.6 is 23.5 Å². The van der Waals surface area contributed by atoms with E-state index in [2.05, 4.69) is 42.7 Å². The van der Waals surface area contributed by atoms with E-state index >= 15 is 0 Å². The molecule has 1 rings (SSSR count). The molecule has 1 saturated heterocycles. The Bertz CT molecular complexity index is 318. The first-order valence-corrected chi connectivity index (χ1v) is 10.7. The van der Waals surface area contributed by atoms with Gasteiger partial charge in [0.15, 0.2) is 0 Å². The highest BCUT2D eigenvalue weighted by molar-refractivity contribution is 8.04. The first-order valence-electron chi connectivity index (χ1n) is 8.74. The van der Waals surface area contributed by atoms with Gasteiger partial charge in [0.25, 0.3) is 0 Å². The van der Waals surface area contributed by atoms with E-state index in [0.29, 0.717) is 32.8 Å². The molecule has 1 aliphatic heterocycles. The second-order valence-electron chi connectivity index (χ2n) is 6.03. The maximum Gasteiger partial charge on any atom is 0.220 e. The van der Waals surface area contributed by atoms with Crippen LogP contribution in [0.5, 0.6) is 0 Å². The Morgan fingerprint density at radius 2 is 2.00 bits per heavy atom. The Balaban J connectivity index is 1.98. The summed E-state index contributed by atoms with van der Waals surface area (Å²) in [4.78, 5) is 11.7. The topological polar surface area (TPSA) is 47.6 Å². The van der Waals surface area contributed by atoms with E-state index in [9.17, 15) is 4.79 Å². The van der Waals surface area contributed by atoms with E-state index < -0.39 is 0 Å². The highest BCUT2D eigenvalue weighted by Gasteiger charge is 2.22. The third-order valence-electron chi connectivity index (χ3n) is 4.07. The van der Waals surface area contributed by atoms with Gasteiger partial charge < -0.3 is 14.8 Å². The van der Waals surface area contributed by atoms with Crippen molar-refractivity contribution in [2.75, 3.05) is 39.2 Å². The van der Waals surface area contributed by atoms with Crippen LogP contribution < -0.4 is 5.32 Å². The molecule has 0 bridgehead atoms. The molecule has 0 spiro atoms. The van der Waals surface area contributed by atoms with Crippen LogP contribution in [0, 0.1) is 0 Å². The molecule has 3 unspecified atom stereocenters. The summed E-state index contributed by atoms with van der Waals surface area (Å²) in [5.41, 5.74) is 0. The third kappa shape index (κ3) is 10.5. The molecular weight excluding hydrogens is 330 g/mol. The molecule has 0 aromatic heterocycles. The average Bonchev–Trinajstić information content (AvgIpc) is 2.69. The Morgan fingerprint density at radius 3 is 2.78 bits per heavy atom. The second kappa shape index (κ2) is 13.4. The summed E-state index contributed by atoms with van der Waals surface area (Å²) in [7, 11) is 1.65. The SMILES string of the molecule is COCCOCCNC(=O)CCCCC1CCSC(C)C(C)S1. The summed E-state index contributed by atoms with van der Waals surface area (Å²) >= 11 is 4.26. The Hall–Kier alpha value is 0.0900. The number of amides is 1. The Kier molecular flexibility index (Phi) is 12.3. The minimum Gasteiger partial charge on any atom is -0.382 e. The zero-order valence-electron chi connectivity index (χ0n) is 14.8. The number of carbonyl (C=O) groups is 1. The van der Waals surface area contributed by atoms with Gasteiger partial charge in [-0.25, -0.2) is 0 Å². The zero-order valence-corrected chi connectivity index (χ0v) is 16.5. The van der Waals surface area contributed by atoms with Crippen molar-refractivity contribution in [2.45, 2.75) is 61.7 Å². The summed E-state index contributed by atoms with van der Waals surface area (Å²) in [5.74, 6) is 1.43. The van der Waals surface area contributed by atoms with Crippen LogP contribution in [-0.2, 0) is 14.3 Å². The fraction of sp³-hybridized carbons (Fsp3) is 0.941. The van der Waals surface area contributed by atoms with Crippen molar-refractivity contribution in [3.63, 3.8) is 0 Å². The van der Waals surface area contributed by atoms with Crippen LogP contribution in [0.15, 0.2) is 0 Å². The molecule has 0 aliphatic carbocycles. The van der Waals surface area contributed by atoms with E-state index in [1.165, 1.54) is 18.6 Å². The van der Waals surface area contributed by atoms with Gasteiger partial charge in [-0.2, -0.15) is 23.5 Å². The number of carbonyl (C=O) groups excluding carboxylic acids is 1. The summed E-state index contributed by atoms with van der Waals surface area (Å²) < 4.78 is 10.2. The summed E-state index contributed by atoms with van der Waals surface area (Å²) in [6.07, 6.45) is 5.34. The lowest BCUT2D eigenvalue weighted by Crippen LogP contribution is -2.27. The monoisotopic (exact) mass is 363 g/mol. The van der Waals surface area contributed by atoms with Crippen molar-refractivity contribution in [1.29, 1.82) is 0 Å². The number of ether oxygens (including phenoxy) is 2. The van der Waals surface area contributed by atoms with Gasteiger partial charge in [0, 0.05) is 35.8 Å². The van der Waals surface area contributed by atoms with Crippen molar-refractivity contribution in [2.24, 2.45) is 0 Å². The minimum atomic E-state index is 0.145. The molecule has 0 aromatic carbocycles. The molecule has 0 aromatic rings. The number of hydrogen-bond acceptors (Lipinski definition) is 5. The molecule has 0 radical (unpaired) electrons. The summed E-state index contributed by atoms with van der Waals surface area (Å²) in [6, 6.07) is 0. The average molecular weight is 364 g/mol. The van der Waals surface area contributed by atoms with Crippen LogP contribution in [0.4, 0.5) is 0 Å². The Morgan fingerprint density at radius 1 is 1.17 bits per heavy atom. The van der Waals surface area contributed by atoms with E-state index in [1.54, 1.807) is 7.11 Å². The van der Waals surface area contributed by atoms with E-state index in [0.717, 1.165) is 28.6 Å². The van der Waals surface area contributed by atoms with Gasteiger partial charge in [0.2, 0.25) is 5.91 Å². The molecule has 1 aliphatic rings. The van der Waals surface area contributed by atoms with Gasteiger partial charge in [-0.1, -0.05) is 20.3 Å². The predicted molar refractivity (Wildman–Crippen MR) is 102 cm³/mol. The molecule has 1 N–H and O–H groups in total. The van der Waals surface area contributed by atoms with Crippen molar-refractivity contribution in [1.82, 2.24) is 5.32 Å². The van der Waals surface area contributed by atoms with Gasteiger partial charge in [-0.05, 0) is 25.0 Å². The van der Waals surface area contributed by atoms with Crippen LogP contribution in [0.25, 0.3) is 0 Å². The number of unbranched alkanes of at least 4 members (excludes halogenated alkanes) is 1. The molecule has 0 saturated carbocycles. The molecule has 136 valence electrons. The quantitative estimate of drug-likeness (QED) is 0.571. The van der Waals surface area contributed by atoms with Gasteiger partial charge in [-0.3, -0.25) is 4.79 Å². The maximum atomic E-state index is 11.7. The number of thioether (sulfide) groups is 2. The molecule has 3 atom stereocenters. The molecule has 1 fully saturated rings. The smallest absolute Gasteiger partial charge is 0.220 e. The first-order chi connectivity index (χ1) is 11.1. The summed E-state index contributed by atoms with van der Waals surface area (Å²) in [5, 5.41) is 5.20. The van der Waals surface area contributed by atoms with Crippen LogP contribution in [-0.4, -0.2) is 60.9 Å². The van der Waals surface area contributed by atoms with E-state index in [4.69, 9.17) is 9.47 Å². The van der Waals surface area contributed by atoms with Crippen LogP contribution in [0.2, 0.25) is 0 Å². The maximum absolute atomic E-state index is 11.7.